The van der Waals surface area contributed by atoms with Gasteiger partial charge in [-0.1, -0.05) is 12.1 Å². The van der Waals surface area contributed by atoms with Crippen LogP contribution in [0.25, 0.3) is 21.9 Å². The summed E-state index contributed by atoms with van der Waals surface area (Å²) in [6.45, 7) is 0.230. The Labute approximate surface area is 160 Å². The lowest BCUT2D eigenvalue weighted by Crippen LogP contribution is -2.13. The van der Waals surface area contributed by atoms with Gasteiger partial charge in [-0.05, 0) is 35.9 Å². The van der Waals surface area contributed by atoms with Crippen LogP contribution in [0.5, 0.6) is 17.2 Å². The van der Waals surface area contributed by atoms with Gasteiger partial charge in [-0.2, -0.15) is 5.10 Å². The van der Waals surface area contributed by atoms with Crippen LogP contribution in [0.4, 0.5) is 0 Å². The lowest BCUT2D eigenvalue weighted by Gasteiger charge is -2.09. The largest absolute Gasteiger partial charge is 0.497 e. The molecule has 0 aliphatic carbocycles. The second-order valence-electron chi connectivity index (χ2n) is 6.15. The van der Waals surface area contributed by atoms with Crippen LogP contribution in [-0.4, -0.2) is 22.3 Å². The van der Waals surface area contributed by atoms with Crippen molar-refractivity contribution >= 4 is 10.8 Å². The number of pyridine rings is 1. The Hall–Kier alpha value is -3.71. The predicted octanol–water partition coefficient (Wildman–Crippen LogP) is 3.24. The summed E-state index contributed by atoms with van der Waals surface area (Å²) in [6.07, 6.45) is 3.38. The number of nitrogens with one attached hydrogen (secondary N) is 1. The number of benzene rings is 2. The van der Waals surface area contributed by atoms with Gasteiger partial charge < -0.3 is 15.2 Å². The molecule has 140 valence electrons. The van der Waals surface area contributed by atoms with E-state index < -0.39 is 0 Å². The third-order valence-corrected chi connectivity index (χ3v) is 4.38. The van der Waals surface area contributed by atoms with Crippen LogP contribution in [0.3, 0.4) is 0 Å². The summed E-state index contributed by atoms with van der Waals surface area (Å²) in [6, 6.07) is 14.8. The van der Waals surface area contributed by atoms with Crippen molar-refractivity contribution in [3.63, 3.8) is 0 Å². The molecule has 0 saturated heterocycles. The highest BCUT2D eigenvalue weighted by molar-refractivity contribution is 5.88. The Morgan fingerprint density at radius 3 is 2.64 bits per heavy atom. The van der Waals surface area contributed by atoms with Gasteiger partial charge in [0.2, 0.25) is 0 Å². The summed E-state index contributed by atoms with van der Waals surface area (Å²) in [5.41, 5.74) is 7.89. The first-order valence-electron chi connectivity index (χ1n) is 8.66. The highest BCUT2D eigenvalue weighted by Crippen LogP contribution is 2.29. The second-order valence-corrected chi connectivity index (χ2v) is 6.15. The maximum atomic E-state index is 12.0. The zero-order chi connectivity index (χ0) is 19.5. The van der Waals surface area contributed by atoms with Crippen molar-refractivity contribution in [3.8, 4) is 28.4 Å². The standard InChI is InChI=1S/C21H18N4O3/c1-27-15-3-2-4-16(9-15)28-17-7-14(11-23-12-17)13-5-6-18-19(8-13)20(10-22)24-25-21(18)26/h2-9,11-12H,10,22H2,1H3,(H,25,26). The molecule has 0 aliphatic heterocycles. The van der Waals surface area contributed by atoms with Gasteiger partial charge in [0.25, 0.3) is 5.56 Å². The van der Waals surface area contributed by atoms with E-state index in [1.165, 1.54) is 0 Å². The van der Waals surface area contributed by atoms with E-state index in [0.717, 1.165) is 16.5 Å². The first-order valence-corrected chi connectivity index (χ1v) is 8.66. The van der Waals surface area contributed by atoms with Gasteiger partial charge in [0, 0.05) is 29.8 Å². The van der Waals surface area contributed by atoms with Gasteiger partial charge in [-0.3, -0.25) is 9.78 Å². The average molecular weight is 374 g/mol. The number of nitrogens with zero attached hydrogens (tertiary/aromatic N) is 2. The number of fused-ring (bicyclic) bond motifs is 1. The van der Waals surface area contributed by atoms with Crippen molar-refractivity contribution in [2.45, 2.75) is 6.54 Å². The van der Waals surface area contributed by atoms with Crippen LogP contribution in [0, 0.1) is 0 Å². The van der Waals surface area contributed by atoms with Crippen LogP contribution in [0.15, 0.2) is 65.7 Å². The molecule has 0 unspecified atom stereocenters. The Balaban J connectivity index is 1.72. The maximum absolute atomic E-state index is 12.0. The van der Waals surface area contributed by atoms with Crippen molar-refractivity contribution in [2.75, 3.05) is 7.11 Å². The number of rotatable bonds is 5. The number of aromatic amines is 1. The molecule has 4 rings (SSSR count). The molecule has 0 fully saturated rings. The van der Waals surface area contributed by atoms with Gasteiger partial charge in [-0.25, -0.2) is 5.10 Å². The first-order chi connectivity index (χ1) is 13.7. The number of hydrogen-bond acceptors (Lipinski definition) is 6. The molecule has 0 saturated carbocycles. The van der Waals surface area contributed by atoms with Gasteiger partial charge in [-0.15, -0.1) is 0 Å². The number of aromatic nitrogens is 3. The molecule has 28 heavy (non-hydrogen) atoms. The fourth-order valence-electron chi connectivity index (χ4n) is 2.99. The van der Waals surface area contributed by atoms with Crippen LogP contribution in [-0.2, 0) is 6.54 Å². The molecule has 0 atom stereocenters. The lowest BCUT2D eigenvalue weighted by atomic mass is 10.0. The molecule has 0 amide bonds. The number of H-pyrrole nitrogens is 1. The fraction of sp³-hybridized carbons (Fsp3) is 0.0952. The fourth-order valence-corrected chi connectivity index (χ4v) is 2.99. The van der Waals surface area contributed by atoms with E-state index in [4.69, 9.17) is 15.2 Å². The zero-order valence-corrected chi connectivity index (χ0v) is 15.2. The van der Waals surface area contributed by atoms with Gasteiger partial charge in [0.1, 0.15) is 17.2 Å². The molecule has 7 heteroatoms. The Morgan fingerprint density at radius 1 is 0.964 bits per heavy atom. The lowest BCUT2D eigenvalue weighted by molar-refractivity contribution is 0.409. The molecule has 0 spiro atoms. The third-order valence-electron chi connectivity index (χ3n) is 4.38. The number of nitrogens with two attached hydrogens (primary N) is 1. The average Bonchev–Trinajstić information content (AvgIpc) is 2.74. The maximum Gasteiger partial charge on any atom is 0.272 e. The molecule has 4 aromatic rings. The van der Waals surface area contributed by atoms with Crippen LogP contribution >= 0.6 is 0 Å². The van der Waals surface area contributed by atoms with Crippen molar-refractivity contribution in [1.29, 1.82) is 0 Å². The second kappa shape index (κ2) is 7.50. The van der Waals surface area contributed by atoms with E-state index in [0.29, 0.717) is 28.3 Å². The first kappa shape index (κ1) is 17.7. The predicted molar refractivity (Wildman–Crippen MR) is 107 cm³/mol. The molecular weight excluding hydrogens is 356 g/mol. The molecule has 3 N–H and O–H groups in total. The van der Waals surface area contributed by atoms with E-state index >= 15 is 0 Å². The normalized spacial score (nSPS) is 10.8. The van der Waals surface area contributed by atoms with Crippen LogP contribution < -0.4 is 20.8 Å². The van der Waals surface area contributed by atoms with E-state index in [1.54, 1.807) is 31.6 Å². The van der Waals surface area contributed by atoms with E-state index in [-0.39, 0.29) is 12.1 Å². The summed E-state index contributed by atoms with van der Waals surface area (Å²) in [5, 5.41) is 7.78. The Morgan fingerprint density at radius 2 is 1.82 bits per heavy atom. The number of hydrogen-bond donors (Lipinski definition) is 2. The van der Waals surface area contributed by atoms with Gasteiger partial charge in [0.05, 0.1) is 24.4 Å². The van der Waals surface area contributed by atoms with E-state index in [1.807, 2.05) is 36.4 Å². The molecular formula is C21H18N4O3. The quantitative estimate of drug-likeness (QED) is 0.556. The summed E-state index contributed by atoms with van der Waals surface area (Å²) < 4.78 is 11.1. The smallest absolute Gasteiger partial charge is 0.272 e. The van der Waals surface area contributed by atoms with Crippen LogP contribution in [0.1, 0.15) is 5.69 Å². The van der Waals surface area contributed by atoms with Crippen molar-refractivity contribution in [3.05, 3.63) is 77.0 Å². The Bertz CT molecular complexity index is 1200. The third kappa shape index (κ3) is 3.43. The molecule has 0 bridgehead atoms. The molecule has 0 aliphatic rings. The zero-order valence-electron chi connectivity index (χ0n) is 15.2. The molecule has 7 nitrogen and oxygen atoms in total. The number of ether oxygens (including phenoxy) is 2. The topological polar surface area (TPSA) is 103 Å². The molecule has 0 radical (unpaired) electrons. The van der Waals surface area contributed by atoms with Gasteiger partial charge >= 0.3 is 0 Å². The summed E-state index contributed by atoms with van der Waals surface area (Å²) in [7, 11) is 1.61. The van der Waals surface area contributed by atoms with Crippen molar-refractivity contribution < 1.29 is 9.47 Å². The minimum Gasteiger partial charge on any atom is -0.497 e. The Kier molecular flexibility index (Phi) is 4.74. The summed E-state index contributed by atoms with van der Waals surface area (Å²) in [5.74, 6) is 1.95. The van der Waals surface area contributed by atoms with Gasteiger partial charge in [0.15, 0.2) is 0 Å². The molecule has 2 aromatic heterocycles. The molecule has 2 heterocycles. The van der Waals surface area contributed by atoms with E-state index in [2.05, 4.69) is 15.2 Å². The van der Waals surface area contributed by atoms with Crippen molar-refractivity contribution in [2.24, 2.45) is 5.73 Å². The molecule has 2 aromatic carbocycles. The highest BCUT2D eigenvalue weighted by Gasteiger charge is 2.09. The summed E-state index contributed by atoms with van der Waals surface area (Å²) >= 11 is 0. The SMILES string of the molecule is COc1cccc(Oc2cncc(-c3ccc4c(=O)[nH]nc(CN)c4c3)c2)c1. The minimum absolute atomic E-state index is 0.230. The van der Waals surface area contributed by atoms with E-state index in [9.17, 15) is 4.79 Å². The van der Waals surface area contributed by atoms with Crippen molar-refractivity contribution in [1.82, 2.24) is 15.2 Å². The number of methoxy groups -OCH3 is 1. The monoisotopic (exact) mass is 374 g/mol. The minimum atomic E-state index is -0.244. The summed E-state index contributed by atoms with van der Waals surface area (Å²) in [4.78, 5) is 16.3. The van der Waals surface area contributed by atoms with Crippen LogP contribution in [0.2, 0.25) is 0 Å². The highest BCUT2D eigenvalue weighted by atomic mass is 16.5.